The second-order valence-corrected chi connectivity index (χ2v) is 5.52. The predicted molar refractivity (Wildman–Crippen MR) is 87.9 cm³/mol. The molecule has 0 radical (unpaired) electrons. The molecule has 3 rings (SSSR count). The first-order valence-corrected chi connectivity index (χ1v) is 7.43. The first-order chi connectivity index (χ1) is 11.0. The summed E-state index contributed by atoms with van der Waals surface area (Å²) in [5, 5.41) is 0. The molecule has 0 saturated carbocycles. The number of nitrogens with zero attached hydrogens (tertiary/aromatic N) is 1. The Hall–Kier alpha value is -2.75. The Balaban J connectivity index is 1.78. The first kappa shape index (κ1) is 15.2. The summed E-state index contributed by atoms with van der Waals surface area (Å²) in [7, 11) is 0. The van der Waals surface area contributed by atoms with Gasteiger partial charge in [0.05, 0.1) is 0 Å². The summed E-state index contributed by atoms with van der Waals surface area (Å²) in [5.74, 6) is -0.402. The molecule has 4 heteroatoms. The third kappa shape index (κ3) is 3.21. The molecule has 2 aromatic carbocycles. The zero-order valence-electron chi connectivity index (χ0n) is 12.8. The number of benzene rings is 2. The van der Waals surface area contributed by atoms with Crippen molar-refractivity contribution >= 4 is 23.5 Å². The molecule has 0 N–H and O–H groups in total. The molecule has 3 nitrogen and oxygen atoms in total. The van der Waals surface area contributed by atoms with Crippen molar-refractivity contribution in [2.45, 2.75) is 13.3 Å². The fourth-order valence-electron chi connectivity index (χ4n) is 2.68. The standard InChI is InChI=1S/C19H16FNO2/c1-13(22)15-5-8-18-16(12-15)10-11-21(18)19(23)9-4-14-2-6-17(20)7-3-14/h2-9,12H,10-11H2,1H3/b9-4+. The molecule has 0 aliphatic carbocycles. The molecular formula is C19H16FNO2. The number of hydrogen-bond acceptors (Lipinski definition) is 2. The van der Waals surface area contributed by atoms with Gasteiger partial charge in [0, 0.05) is 23.9 Å². The highest BCUT2D eigenvalue weighted by molar-refractivity contribution is 6.05. The van der Waals surface area contributed by atoms with Crippen LogP contribution in [0.4, 0.5) is 10.1 Å². The number of hydrogen-bond donors (Lipinski definition) is 0. The highest BCUT2D eigenvalue weighted by atomic mass is 19.1. The average molecular weight is 309 g/mol. The molecule has 0 atom stereocenters. The molecular weight excluding hydrogens is 293 g/mol. The summed E-state index contributed by atoms with van der Waals surface area (Å²) >= 11 is 0. The third-order valence-electron chi connectivity index (χ3n) is 3.94. The van der Waals surface area contributed by atoms with Crippen molar-refractivity contribution in [3.8, 4) is 0 Å². The lowest BCUT2D eigenvalue weighted by molar-refractivity contribution is -0.114. The molecule has 0 unspecified atom stereocenters. The summed E-state index contributed by atoms with van der Waals surface area (Å²) in [4.78, 5) is 25.5. The predicted octanol–water partition coefficient (Wildman–Crippen LogP) is 3.63. The fraction of sp³-hybridized carbons (Fsp3) is 0.158. The van der Waals surface area contributed by atoms with Crippen LogP contribution in [0.2, 0.25) is 0 Å². The second-order valence-electron chi connectivity index (χ2n) is 5.52. The van der Waals surface area contributed by atoms with Gasteiger partial charge in [-0.05, 0) is 60.9 Å². The topological polar surface area (TPSA) is 37.4 Å². The van der Waals surface area contributed by atoms with E-state index in [2.05, 4.69) is 0 Å². The number of ketones is 1. The molecule has 1 aliphatic heterocycles. The smallest absolute Gasteiger partial charge is 0.251 e. The van der Waals surface area contributed by atoms with E-state index in [0.717, 1.165) is 23.2 Å². The number of carbonyl (C=O) groups excluding carboxylic acids is 2. The van der Waals surface area contributed by atoms with E-state index in [1.807, 2.05) is 12.1 Å². The SMILES string of the molecule is CC(=O)c1ccc2c(c1)CCN2C(=O)/C=C/c1ccc(F)cc1. The van der Waals surface area contributed by atoms with Crippen molar-refractivity contribution < 1.29 is 14.0 Å². The van der Waals surface area contributed by atoms with Gasteiger partial charge in [-0.15, -0.1) is 0 Å². The molecule has 0 bridgehead atoms. The van der Waals surface area contributed by atoms with E-state index in [-0.39, 0.29) is 17.5 Å². The number of anilines is 1. The summed E-state index contributed by atoms with van der Waals surface area (Å²) in [6.07, 6.45) is 3.90. The Morgan fingerprint density at radius 3 is 2.57 bits per heavy atom. The Morgan fingerprint density at radius 2 is 1.87 bits per heavy atom. The highest BCUT2D eigenvalue weighted by Crippen LogP contribution is 2.29. The van der Waals surface area contributed by atoms with Crippen LogP contribution in [0, 0.1) is 5.82 Å². The Bertz CT molecular complexity index is 794. The monoisotopic (exact) mass is 309 g/mol. The van der Waals surface area contributed by atoms with Gasteiger partial charge in [-0.3, -0.25) is 9.59 Å². The van der Waals surface area contributed by atoms with Crippen LogP contribution < -0.4 is 4.90 Å². The van der Waals surface area contributed by atoms with Crippen LogP contribution in [0.1, 0.15) is 28.4 Å². The van der Waals surface area contributed by atoms with Gasteiger partial charge in [-0.2, -0.15) is 0 Å². The van der Waals surface area contributed by atoms with Gasteiger partial charge >= 0.3 is 0 Å². The largest absolute Gasteiger partial charge is 0.308 e. The zero-order chi connectivity index (χ0) is 16.4. The van der Waals surface area contributed by atoms with Crippen molar-refractivity contribution in [3.05, 3.63) is 71.0 Å². The highest BCUT2D eigenvalue weighted by Gasteiger charge is 2.23. The van der Waals surface area contributed by atoms with Gasteiger partial charge in [0.15, 0.2) is 5.78 Å². The number of amides is 1. The molecule has 0 fully saturated rings. The quantitative estimate of drug-likeness (QED) is 0.641. The Labute approximate surface area is 134 Å². The lowest BCUT2D eigenvalue weighted by Crippen LogP contribution is -2.26. The fourth-order valence-corrected chi connectivity index (χ4v) is 2.68. The molecule has 0 spiro atoms. The van der Waals surface area contributed by atoms with E-state index in [1.54, 1.807) is 29.2 Å². The maximum atomic E-state index is 12.9. The van der Waals surface area contributed by atoms with Gasteiger partial charge in [0.2, 0.25) is 0 Å². The number of Topliss-reactive ketones (excluding diaryl/α,β-unsaturated/α-hetero) is 1. The molecule has 2 aromatic rings. The molecule has 1 heterocycles. The van der Waals surface area contributed by atoms with Gasteiger partial charge in [-0.25, -0.2) is 4.39 Å². The first-order valence-electron chi connectivity index (χ1n) is 7.43. The van der Waals surface area contributed by atoms with Gasteiger partial charge in [0.1, 0.15) is 5.82 Å². The molecule has 1 amide bonds. The normalized spacial score (nSPS) is 13.4. The average Bonchev–Trinajstić information content (AvgIpc) is 2.97. The second kappa shape index (κ2) is 6.16. The molecule has 1 aliphatic rings. The van der Waals surface area contributed by atoms with Gasteiger partial charge in [-0.1, -0.05) is 12.1 Å². The summed E-state index contributed by atoms with van der Waals surface area (Å²) in [6.45, 7) is 2.13. The Morgan fingerprint density at radius 1 is 1.13 bits per heavy atom. The van der Waals surface area contributed by atoms with E-state index in [9.17, 15) is 14.0 Å². The minimum atomic E-state index is -0.303. The number of halogens is 1. The van der Waals surface area contributed by atoms with Gasteiger partial charge < -0.3 is 4.90 Å². The van der Waals surface area contributed by atoms with Crippen LogP contribution in [-0.4, -0.2) is 18.2 Å². The van der Waals surface area contributed by atoms with Crippen LogP contribution in [0.3, 0.4) is 0 Å². The van der Waals surface area contributed by atoms with E-state index < -0.39 is 0 Å². The number of rotatable bonds is 3. The van der Waals surface area contributed by atoms with Gasteiger partial charge in [0.25, 0.3) is 5.91 Å². The van der Waals surface area contributed by atoms with E-state index >= 15 is 0 Å². The molecule has 116 valence electrons. The minimum Gasteiger partial charge on any atom is -0.308 e. The molecule has 0 aromatic heterocycles. The van der Waals surface area contributed by atoms with Crippen molar-refractivity contribution in [2.24, 2.45) is 0 Å². The molecule has 0 saturated heterocycles. The van der Waals surface area contributed by atoms with Crippen molar-refractivity contribution in [1.82, 2.24) is 0 Å². The van der Waals surface area contributed by atoms with Crippen LogP contribution in [0.15, 0.2) is 48.5 Å². The van der Waals surface area contributed by atoms with E-state index in [1.165, 1.54) is 25.1 Å². The van der Waals surface area contributed by atoms with E-state index in [0.29, 0.717) is 12.1 Å². The lowest BCUT2D eigenvalue weighted by Gasteiger charge is -2.15. The molecule has 23 heavy (non-hydrogen) atoms. The number of carbonyl (C=O) groups is 2. The van der Waals surface area contributed by atoms with Crippen LogP contribution in [-0.2, 0) is 11.2 Å². The van der Waals surface area contributed by atoms with E-state index in [4.69, 9.17) is 0 Å². The minimum absolute atomic E-state index is 0.0220. The Kier molecular flexibility index (Phi) is 4.06. The maximum Gasteiger partial charge on any atom is 0.251 e. The van der Waals surface area contributed by atoms with Crippen LogP contribution >= 0.6 is 0 Å². The van der Waals surface area contributed by atoms with Crippen molar-refractivity contribution in [2.75, 3.05) is 11.4 Å². The lowest BCUT2D eigenvalue weighted by atomic mass is 10.1. The van der Waals surface area contributed by atoms with Crippen molar-refractivity contribution in [1.29, 1.82) is 0 Å². The summed E-state index contributed by atoms with van der Waals surface area (Å²) in [5.41, 5.74) is 3.30. The third-order valence-corrected chi connectivity index (χ3v) is 3.94. The van der Waals surface area contributed by atoms with Crippen molar-refractivity contribution in [3.63, 3.8) is 0 Å². The van der Waals surface area contributed by atoms with Crippen LogP contribution in [0.5, 0.6) is 0 Å². The number of fused-ring (bicyclic) bond motifs is 1. The summed E-state index contributed by atoms with van der Waals surface area (Å²) in [6, 6.07) is 11.4. The maximum absolute atomic E-state index is 12.9. The zero-order valence-corrected chi connectivity index (χ0v) is 12.8. The van der Waals surface area contributed by atoms with Crippen LogP contribution in [0.25, 0.3) is 6.08 Å². The summed E-state index contributed by atoms with van der Waals surface area (Å²) < 4.78 is 12.9.